The Labute approximate surface area is 197 Å². The van der Waals surface area contributed by atoms with Crippen LogP contribution in [0, 0.1) is 0 Å². The maximum Gasteiger partial charge on any atom is 0.326 e. The molecule has 0 aliphatic carbocycles. The van der Waals surface area contributed by atoms with Crippen LogP contribution in [0.5, 0.6) is 0 Å². The molecule has 0 aliphatic heterocycles. The van der Waals surface area contributed by atoms with E-state index in [1.54, 1.807) is 0 Å². The van der Waals surface area contributed by atoms with Crippen molar-refractivity contribution < 1.29 is 39.3 Å². The van der Waals surface area contributed by atoms with Gasteiger partial charge in [-0.1, -0.05) is 0 Å². The quantitative estimate of drug-likeness (QED) is 0.123. The van der Waals surface area contributed by atoms with Gasteiger partial charge in [0.1, 0.15) is 24.2 Å². The van der Waals surface area contributed by atoms with E-state index in [4.69, 9.17) is 10.8 Å². The molecule has 4 atom stereocenters. The average molecular weight is 494 g/mol. The van der Waals surface area contributed by atoms with E-state index in [1.807, 2.05) is 0 Å². The SMILES string of the molecule is NC(CO)C(=O)NC(Cc1cnc[nH]1)C(=O)NC(CC(=O)O)C(=O)NC(Cc1cnc[nH]1)C(=O)O. The summed E-state index contributed by atoms with van der Waals surface area (Å²) in [6.45, 7) is -0.693. The summed E-state index contributed by atoms with van der Waals surface area (Å²) in [6, 6.07) is -5.77. The monoisotopic (exact) mass is 494 g/mol. The van der Waals surface area contributed by atoms with Crippen LogP contribution in [-0.4, -0.2) is 95.7 Å². The Morgan fingerprint density at radius 1 is 0.829 bits per heavy atom. The molecule has 3 amide bonds. The zero-order valence-electron chi connectivity index (χ0n) is 18.3. The van der Waals surface area contributed by atoms with Crippen LogP contribution in [0.1, 0.15) is 17.8 Å². The minimum Gasteiger partial charge on any atom is -0.481 e. The van der Waals surface area contributed by atoms with Gasteiger partial charge in [0.2, 0.25) is 17.7 Å². The second-order valence-corrected chi connectivity index (χ2v) is 7.47. The standard InChI is InChI=1S/C19H26N8O8/c20-11(6-28)16(31)25-12(1-9-4-21-7-23-9)17(32)26-13(3-15(29)30)18(33)27-14(19(34)35)2-10-5-22-8-24-10/h4-5,7-8,11-14,28H,1-3,6,20H2,(H,21,23)(H,22,24)(H,25,31)(H,26,32)(H,27,33)(H,29,30)(H,34,35). The second-order valence-electron chi connectivity index (χ2n) is 7.47. The zero-order valence-corrected chi connectivity index (χ0v) is 18.3. The van der Waals surface area contributed by atoms with Crippen molar-refractivity contribution in [2.75, 3.05) is 6.61 Å². The molecule has 16 nitrogen and oxygen atoms in total. The molecule has 4 unspecified atom stereocenters. The highest BCUT2D eigenvalue weighted by Crippen LogP contribution is 2.04. The van der Waals surface area contributed by atoms with E-state index in [9.17, 15) is 34.2 Å². The minimum atomic E-state index is -1.67. The van der Waals surface area contributed by atoms with Crippen molar-refractivity contribution in [3.05, 3.63) is 36.4 Å². The third kappa shape index (κ3) is 8.52. The van der Waals surface area contributed by atoms with Crippen LogP contribution < -0.4 is 21.7 Å². The van der Waals surface area contributed by atoms with Gasteiger partial charge in [0, 0.05) is 36.6 Å². The molecule has 0 radical (unpaired) electrons. The van der Waals surface area contributed by atoms with Gasteiger partial charge in [-0.15, -0.1) is 0 Å². The molecule has 0 spiro atoms. The van der Waals surface area contributed by atoms with Gasteiger partial charge in [-0.25, -0.2) is 14.8 Å². The molecular formula is C19H26N8O8. The molecule has 0 aliphatic rings. The fourth-order valence-electron chi connectivity index (χ4n) is 2.93. The van der Waals surface area contributed by atoms with Crippen LogP contribution in [0.2, 0.25) is 0 Å². The number of nitrogens with two attached hydrogens (primary N) is 1. The molecule has 2 rings (SSSR count). The molecular weight excluding hydrogens is 468 g/mol. The molecule has 0 fully saturated rings. The molecule has 0 saturated heterocycles. The number of carboxylic acids is 2. The Balaban J connectivity index is 2.17. The Morgan fingerprint density at radius 3 is 1.77 bits per heavy atom. The highest BCUT2D eigenvalue weighted by Gasteiger charge is 2.32. The average Bonchev–Trinajstić information content (AvgIpc) is 3.50. The molecule has 0 saturated carbocycles. The van der Waals surface area contributed by atoms with Crippen LogP contribution in [-0.2, 0) is 36.8 Å². The molecule has 2 aromatic rings. The van der Waals surface area contributed by atoms with E-state index in [0.29, 0.717) is 11.4 Å². The molecule has 2 heterocycles. The largest absolute Gasteiger partial charge is 0.481 e. The number of aliphatic hydroxyl groups excluding tert-OH is 1. The van der Waals surface area contributed by atoms with E-state index in [-0.39, 0.29) is 12.8 Å². The van der Waals surface area contributed by atoms with Gasteiger partial charge in [0.05, 0.1) is 25.7 Å². The lowest BCUT2D eigenvalue weighted by atomic mass is 10.1. The fraction of sp³-hybridized carbons (Fsp3) is 0.421. The number of nitrogens with one attached hydrogen (secondary N) is 5. The van der Waals surface area contributed by atoms with Crippen molar-refractivity contribution in [1.82, 2.24) is 35.9 Å². The Bertz CT molecular complexity index is 1010. The number of rotatable bonds is 14. The lowest BCUT2D eigenvalue weighted by molar-refractivity contribution is -0.143. The maximum absolute atomic E-state index is 12.9. The number of hydrogen-bond acceptors (Lipinski definition) is 9. The number of hydrogen-bond donors (Lipinski definition) is 9. The lowest BCUT2D eigenvalue weighted by Gasteiger charge is -2.24. The molecule has 10 N–H and O–H groups in total. The third-order valence-electron chi connectivity index (χ3n) is 4.75. The number of aromatic nitrogens is 4. The van der Waals surface area contributed by atoms with E-state index < -0.39 is 66.9 Å². The lowest BCUT2D eigenvalue weighted by Crippen LogP contribution is -2.58. The van der Waals surface area contributed by atoms with Crippen molar-refractivity contribution in [1.29, 1.82) is 0 Å². The number of nitrogens with zero attached hydrogens (tertiary/aromatic N) is 2. The highest BCUT2D eigenvalue weighted by molar-refractivity contribution is 5.95. The van der Waals surface area contributed by atoms with Crippen molar-refractivity contribution in [2.45, 2.75) is 43.4 Å². The van der Waals surface area contributed by atoms with Crippen LogP contribution in [0.3, 0.4) is 0 Å². The number of imidazole rings is 2. The van der Waals surface area contributed by atoms with Crippen LogP contribution in [0.15, 0.2) is 25.0 Å². The van der Waals surface area contributed by atoms with E-state index in [1.165, 1.54) is 25.0 Å². The number of amides is 3. The predicted molar refractivity (Wildman–Crippen MR) is 115 cm³/mol. The van der Waals surface area contributed by atoms with Crippen LogP contribution >= 0.6 is 0 Å². The number of aliphatic carboxylic acids is 2. The minimum absolute atomic E-state index is 0.130. The smallest absolute Gasteiger partial charge is 0.326 e. The topological polar surface area (TPSA) is 266 Å². The maximum atomic E-state index is 12.9. The first-order chi connectivity index (χ1) is 16.6. The first-order valence-electron chi connectivity index (χ1n) is 10.3. The Hall–Kier alpha value is -4.31. The van der Waals surface area contributed by atoms with E-state index >= 15 is 0 Å². The van der Waals surface area contributed by atoms with Gasteiger partial charge in [0.15, 0.2) is 0 Å². The Kier molecular flexibility index (Phi) is 9.85. The van der Waals surface area contributed by atoms with Crippen molar-refractivity contribution in [3.63, 3.8) is 0 Å². The van der Waals surface area contributed by atoms with Gasteiger partial charge < -0.3 is 47.0 Å². The molecule has 190 valence electrons. The van der Waals surface area contributed by atoms with E-state index in [2.05, 4.69) is 35.9 Å². The van der Waals surface area contributed by atoms with Crippen molar-refractivity contribution >= 4 is 29.7 Å². The molecule has 0 bridgehead atoms. The summed E-state index contributed by atoms with van der Waals surface area (Å²) in [5, 5.41) is 34.5. The number of H-pyrrole nitrogens is 2. The Morgan fingerprint density at radius 2 is 1.31 bits per heavy atom. The van der Waals surface area contributed by atoms with Gasteiger partial charge in [-0.3, -0.25) is 19.2 Å². The van der Waals surface area contributed by atoms with Gasteiger partial charge in [0.25, 0.3) is 0 Å². The molecule has 16 heteroatoms. The number of carbonyl (C=O) groups excluding carboxylic acids is 3. The van der Waals surface area contributed by atoms with E-state index in [0.717, 1.165) is 0 Å². The highest BCUT2D eigenvalue weighted by atomic mass is 16.4. The van der Waals surface area contributed by atoms with Crippen molar-refractivity contribution in [3.8, 4) is 0 Å². The fourth-order valence-corrected chi connectivity index (χ4v) is 2.93. The summed E-state index contributed by atoms with van der Waals surface area (Å²) < 4.78 is 0. The summed E-state index contributed by atoms with van der Waals surface area (Å²) in [6.07, 6.45) is 4.22. The molecule has 0 aromatic carbocycles. The summed E-state index contributed by atoms with van der Waals surface area (Å²) in [7, 11) is 0. The molecule has 35 heavy (non-hydrogen) atoms. The van der Waals surface area contributed by atoms with Crippen molar-refractivity contribution in [2.24, 2.45) is 5.73 Å². The first-order valence-corrected chi connectivity index (χ1v) is 10.3. The number of aliphatic hydroxyl groups is 1. The van der Waals surface area contributed by atoms with Crippen LogP contribution in [0.25, 0.3) is 0 Å². The normalized spacial score (nSPS) is 14.2. The second kappa shape index (κ2) is 12.8. The van der Waals surface area contributed by atoms with Gasteiger partial charge >= 0.3 is 11.9 Å². The zero-order chi connectivity index (χ0) is 26.0. The van der Waals surface area contributed by atoms with Gasteiger partial charge in [-0.2, -0.15) is 0 Å². The summed E-state index contributed by atoms with van der Waals surface area (Å²) in [5.74, 6) is -5.71. The summed E-state index contributed by atoms with van der Waals surface area (Å²) >= 11 is 0. The van der Waals surface area contributed by atoms with Crippen LogP contribution in [0.4, 0.5) is 0 Å². The first kappa shape index (κ1) is 26.9. The summed E-state index contributed by atoms with van der Waals surface area (Å²) in [4.78, 5) is 73.7. The molecule has 2 aromatic heterocycles. The predicted octanol–water partition coefficient (Wildman–Crippen LogP) is -3.75. The van der Waals surface area contributed by atoms with Gasteiger partial charge in [-0.05, 0) is 0 Å². The third-order valence-corrected chi connectivity index (χ3v) is 4.75. The number of carboxylic acid groups (broad SMARTS) is 2. The number of carbonyl (C=O) groups is 5. The number of aromatic amines is 2. The summed E-state index contributed by atoms with van der Waals surface area (Å²) in [5.41, 5.74) is 6.30.